The third kappa shape index (κ3) is 1.69. The third-order valence-electron chi connectivity index (χ3n) is 4.45. The largest absolute Gasteiger partial charge is 0.358 e. The van der Waals surface area contributed by atoms with E-state index in [-0.39, 0.29) is 5.56 Å². The first-order valence-corrected chi connectivity index (χ1v) is 7.20. The van der Waals surface area contributed by atoms with Gasteiger partial charge in [-0.1, -0.05) is 0 Å². The quantitative estimate of drug-likeness (QED) is 0.788. The summed E-state index contributed by atoms with van der Waals surface area (Å²) in [5.41, 5.74) is 1.77. The molecule has 1 fully saturated rings. The Morgan fingerprint density at radius 2 is 2.20 bits per heavy atom. The van der Waals surface area contributed by atoms with Gasteiger partial charge in [-0.2, -0.15) is 5.10 Å². The van der Waals surface area contributed by atoms with Gasteiger partial charge >= 0.3 is 0 Å². The first kappa shape index (κ1) is 11.8. The van der Waals surface area contributed by atoms with Crippen molar-refractivity contribution in [1.82, 2.24) is 14.3 Å². The van der Waals surface area contributed by atoms with Crippen LogP contribution < -0.4 is 10.5 Å². The zero-order valence-corrected chi connectivity index (χ0v) is 11.6. The van der Waals surface area contributed by atoms with Crippen LogP contribution in [0.15, 0.2) is 29.3 Å². The second-order valence-electron chi connectivity index (χ2n) is 5.88. The minimum Gasteiger partial charge on any atom is -0.358 e. The third-order valence-corrected chi connectivity index (χ3v) is 4.45. The molecule has 2 aliphatic heterocycles. The molecule has 2 aromatic rings. The van der Waals surface area contributed by atoms with Gasteiger partial charge in [0.2, 0.25) is 0 Å². The summed E-state index contributed by atoms with van der Waals surface area (Å²) < 4.78 is 3.69. The molecule has 2 aliphatic rings. The Morgan fingerprint density at radius 1 is 1.30 bits per heavy atom. The number of hydrogen-bond donors (Lipinski definition) is 0. The molecule has 4 heterocycles. The number of nitrogens with zero attached hydrogens (tertiary/aromatic N) is 4. The van der Waals surface area contributed by atoms with Crippen LogP contribution in [0, 0.1) is 5.92 Å². The van der Waals surface area contributed by atoms with Crippen molar-refractivity contribution in [3.63, 3.8) is 0 Å². The van der Waals surface area contributed by atoms with Crippen molar-refractivity contribution in [3.8, 4) is 11.1 Å². The van der Waals surface area contributed by atoms with Gasteiger partial charge in [-0.15, -0.1) is 0 Å². The monoisotopic (exact) mass is 270 g/mol. The molecule has 5 heteroatoms. The molecule has 2 bridgehead atoms. The van der Waals surface area contributed by atoms with E-state index in [0.717, 1.165) is 36.6 Å². The van der Waals surface area contributed by atoms with Gasteiger partial charge < -0.3 is 4.90 Å². The van der Waals surface area contributed by atoms with Gasteiger partial charge in [-0.3, -0.25) is 14.0 Å². The minimum absolute atomic E-state index is 0.118. The van der Waals surface area contributed by atoms with Crippen LogP contribution in [0.25, 0.3) is 11.1 Å². The molecule has 1 atom stereocenters. The van der Waals surface area contributed by atoms with Crippen LogP contribution in [0.1, 0.15) is 12.8 Å². The molecule has 0 amide bonds. The maximum absolute atomic E-state index is 12.8. The molecule has 2 aromatic heterocycles. The highest BCUT2D eigenvalue weighted by Crippen LogP contribution is 2.30. The van der Waals surface area contributed by atoms with Gasteiger partial charge in [0.25, 0.3) is 5.56 Å². The van der Waals surface area contributed by atoms with E-state index in [0.29, 0.717) is 5.92 Å². The summed E-state index contributed by atoms with van der Waals surface area (Å²) in [6.45, 7) is 3.03. The van der Waals surface area contributed by atoms with Crippen LogP contribution in [0.4, 0.5) is 5.82 Å². The van der Waals surface area contributed by atoms with E-state index in [1.807, 2.05) is 23.9 Å². The first-order valence-electron chi connectivity index (χ1n) is 7.20. The lowest BCUT2D eigenvalue weighted by molar-refractivity contribution is 0.329. The van der Waals surface area contributed by atoms with Crippen molar-refractivity contribution < 1.29 is 0 Å². The number of fused-ring (bicyclic) bond motifs is 4. The Balaban J connectivity index is 1.86. The summed E-state index contributed by atoms with van der Waals surface area (Å²) >= 11 is 0. The second-order valence-corrected chi connectivity index (χ2v) is 5.88. The summed E-state index contributed by atoms with van der Waals surface area (Å²) in [6, 6.07) is 4.03. The Bertz CT molecular complexity index is 715. The van der Waals surface area contributed by atoms with Crippen LogP contribution in [-0.4, -0.2) is 27.4 Å². The summed E-state index contributed by atoms with van der Waals surface area (Å²) in [7, 11) is 1.87. The lowest BCUT2D eigenvalue weighted by Crippen LogP contribution is -2.46. The number of aromatic nitrogens is 3. The predicted molar refractivity (Wildman–Crippen MR) is 77.8 cm³/mol. The van der Waals surface area contributed by atoms with Gasteiger partial charge in [0, 0.05) is 38.4 Å². The summed E-state index contributed by atoms with van der Waals surface area (Å²) in [4.78, 5) is 15.1. The van der Waals surface area contributed by atoms with E-state index in [4.69, 9.17) is 0 Å². The van der Waals surface area contributed by atoms with Crippen LogP contribution in [0.3, 0.4) is 0 Å². The van der Waals surface area contributed by atoms with Crippen molar-refractivity contribution in [2.24, 2.45) is 13.0 Å². The Hall–Kier alpha value is -2.04. The van der Waals surface area contributed by atoms with Gasteiger partial charge in [0.05, 0.1) is 11.8 Å². The minimum atomic E-state index is 0.118. The summed E-state index contributed by atoms with van der Waals surface area (Å²) in [5.74, 6) is 1.71. The van der Waals surface area contributed by atoms with Gasteiger partial charge in [-0.05, 0) is 30.9 Å². The van der Waals surface area contributed by atoms with Gasteiger partial charge in [0.15, 0.2) is 0 Å². The standard InChI is InChI=1S/C15H18N4O/c1-17-10-12(7-16-17)13-4-5-14-18-6-2-3-11(8-18)9-19(14)15(13)20/h4-5,7,10-11H,2-3,6,8-9H2,1H3. The molecule has 0 saturated carbocycles. The highest BCUT2D eigenvalue weighted by atomic mass is 16.1. The van der Waals surface area contributed by atoms with E-state index in [1.165, 1.54) is 12.8 Å². The zero-order valence-electron chi connectivity index (χ0n) is 11.6. The Kier molecular flexibility index (Phi) is 2.49. The molecule has 0 aromatic carbocycles. The number of rotatable bonds is 1. The molecular weight excluding hydrogens is 252 g/mol. The molecule has 20 heavy (non-hydrogen) atoms. The van der Waals surface area contributed by atoms with E-state index in [1.54, 1.807) is 10.9 Å². The first-order chi connectivity index (χ1) is 9.72. The highest BCUT2D eigenvalue weighted by molar-refractivity contribution is 5.63. The SMILES string of the molecule is Cn1cc(-c2ccc3n(c2=O)CC2CCCN3C2)cn1. The van der Waals surface area contributed by atoms with E-state index in [2.05, 4.69) is 16.1 Å². The maximum Gasteiger partial charge on any atom is 0.260 e. The lowest BCUT2D eigenvalue weighted by Gasteiger charge is -2.41. The molecule has 0 radical (unpaired) electrons. The van der Waals surface area contributed by atoms with Crippen LogP contribution >= 0.6 is 0 Å². The number of anilines is 1. The Morgan fingerprint density at radius 3 is 3.00 bits per heavy atom. The molecule has 1 unspecified atom stereocenters. The number of piperidine rings is 1. The number of hydrogen-bond acceptors (Lipinski definition) is 3. The van der Waals surface area contributed by atoms with Crippen molar-refractivity contribution in [3.05, 3.63) is 34.9 Å². The average Bonchev–Trinajstić information content (AvgIpc) is 2.87. The van der Waals surface area contributed by atoms with Crippen molar-refractivity contribution in [1.29, 1.82) is 0 Å². The molecule has 1 saturated heterocycles. The maximum atomic E-state index is 12.8. The van der Waals surface area contributed by atoms with Crippen molar-refractivity contribution in [2.45, 2.75) is 19.4 Å². The van der Waals surface area contributed by atoms with E-state index in [9.17, 15) is 4.79 Å². The van der Waals surface area contributed by atoms with Crippen molar-refractivity contribution >= 4 is 5.82 Å². The number of pyridine rings is 1. The molecular formula is C15H18N4O. The summed E-state index contributed by atoms with van der Waals surface area (Å²) in [5, 5.41) is 4.16. The fourth-order valence-corrected chi connectivity index (χ4v) is 3.48. The van der Waals surface area contributed by atoms with Crippen LogP contribution in [0.5, 0.6) is 0 Å². The van der Waals surface area contributed by atoms with Gasteiger partial charge in [0.1, 0.15) is 5.82 Å². The molecule has 0 N–H and O–H groups in total. The van der Waals surface area contributed by atoms with E-state index < -0.39 is 0 Å². The number of aryl methyl sites for hydroxylation is 1. The average molecular weight is 270 g/mol. The van der Waals surface area contributed by atoms with Gasteiger partial charge in [-0.25, -0.2) is 0 Å². The van der Waals surface area contributed by atoms with Crippen LogP contribution in [-0.2, 0) is 13.6 Å². The molecule has 0 aliphatic carbocycles. The fraction of sp³-hybridized carbons (Fsp3) is 0.467. The smallest absolute Gasteiger partial charge is 0.260 e. The molecule has 4 rings (SSSR count). The zero-order chi connectivity index (χ0) is 13.7. The fourth-order valence-electron chi connectivity index (χ4n) is 3.48. The topological polar surface area (TPSA) is 43.1 Å². The molecule has 5 nitrogen and oxygen atoms in total. The van der Waals surface area contributed by atoms with Crippen LogP contribution in [0.2, 0.25) is 0 Å². The predicted octanol–water partition coefficient (Wildman–Crippen LogP) is 1.48. The Labute approximate surface area is 117 Å². The normalized spacial score (nSPS) is 20.9. The highest BCUT2D eigenvalue weighted by Gasteiger charge is 2.29. The lowest BCUT2D eigenvalue weighted by atomic mass is 9.95. The molecule has 104 valence electrons. The summed E-state index contributed by atoms with van der Waals surface area (Å²) in [6.07, 6.45) is 6.13. The second kappa shape index (κ2) is 4.23. The van der Waals surface area contributed by atoms with E-state index >= 15 is 0 Å². The van der Waals surface area contributed by atoms with Crippen molar-refractivity contribution in [2.75, 3.05) is 18.0 Å². The molecule has 0 spiro atoms.